The van der Waals surface area contributed by atoms with Crippen molar-refractivity contribution in [3.05, 3.63) is 57.3 Å². The summed E-state index contributed by atoms with van der Waals surface area (Å²) in [5.41, 5.74) is 2.02. The van der Waals surface area contributed by atoms with Crippen LogP contribution in [0.25, 0.3) is 11.3 Å². The number of nitrogens with zero attached hydrogens (tertiary/aromatic N) is 1. The van der Waals surface area contributed by atoms with E-state index in [1.54, 1.807) is 6.20 Å². The van der Waals surface area contributed by atoms with E-state index in [1.165, 1.54) is 23.1 Å². The molecule has 0 amide bonds. The van der Waals surface area contributed by atoms with Crippen molar-refractivity contribution in [3.63, 3.8) is 0 Å². The van der Waals surface area contributed by atoms with E-state index in [0.29, 0.717) is 5.75 Å². The molecular formula is C15H11BrN2OS2. The zero-order valence-electron chi connectivity index (χ0n) is 10.9. The second-order valence-corrected chi connectivity index (χ2v) is 7.13. The summed E-state index contributed by atoms with van der Waals surface area (Å²) >= 11 is 6.31. The number of rotatable bonds is 5. The van der Waals surface area contributed by atoms with Crippen molar-refractivity contribution in [2.45, 2.75) is 5.16 Å². The van der Waals surface area contributed by atoms with E-state index in [0.717, 1.165) is 25.8 Å². The van der Waals surface area contributed by atoms with E-state index < -0.39 is 0 Å². The van der Waals surface area contributed by atoms with Gasteiger partial charge in [0, 0.05) is 4.47 Å². The molecule has 0 atom stereocenters. The summed E-state index contributed by atoms with van der Waals surface area (Å²) in [6.45, 7) is 0. The number of nitrogens with one attached hydrogen (secondary N) is 1. The van der Waals surface area contributed by atoms with Gasteiger partial charge in [-0.25, -0.2) is 4.98 Å². The summed E-state index contributed by atoms with van der Waals surface area (Å²) in [6, 6.07) is 11.8. The van der Waals surface area contributed by atoms with Crippen molar-refractivity contribution in [1.82, 2.24) is 9.97 Å². The third-order valence-corrected chi connectivity index (χ3v) is 5.17. The maximum Gasteiger partial charge on any atom is 0.183 e. The molecule has 3 rings (SSSR count). The Morgan fingerprint density at radius 2 is 2.10 bits per heavy atom. The van der Waals surface area contributed by atoms with E-state index >= 15 is 0 Å². The molecule has 0 bridgehead atoms. The Morgan fingerprint density at radius 3 is 2.81 bits per heavy atom. The highest BCUT2D eigenvalue weighted by Crippen LogP contribution is 2.24. The number of hydrogen-bond donors (Lipinski definition) is 1. The van der Waals surface area contributed by atoms with Crippen LogP contribution in [0.4, 0.5) is 0 Å². The molecule has 21 heavy (non-hydrogen) atoms. The van der Waals surface area contributed by atoms with Gasteiger partial charge in [0.2, 0.25) is 0 Å². The maximum absolute atomic E-state index is 11.9. The Labute approximate surface area is 138 Å². The van der Waals surface area contributed by atoms with Gasteiger partial charge >= 0.3 is 0 Å². The van der Waals surface area contributed by atoms with Gasteiger partial charge in [-0.3, -0.25) is 4.79 Å². The third kappa shape index (κ3) is 3.64. The predicted molar refractivity (Wildman–Crippen MR) is 91.1 cm³/mol. The summed E-state index contributed by atoms with van der Waals surface area (Å²) in [5.74, 6) is 0.532. The molecule has 2 aromatic heterocycles. The molecule has 0 aliphatic heterocycles. The fraction of sp³-hybridized carbons (Fsp3) is 0.0667. The standard InChI is InChI=1S/C15H11BrN2OS2/c16-11-5-3-10(4-6-11)12-8-17-15(18-12)21-9-13(19)14-2-1-7-20-14/h1-8H,9H2,(H,17,18). The number of H-pyrrole nitrogens is 1. The lowest BCUT2D eigenvalue weighted by atomic mass is 10.2. The average molecular weight is 379 g/mol. The van der Waals surface area contributed by atoms with Gasteiger partial charge in [-0.15, -0.1) is 11.3 Å². The molecule has 2 heterocycles. The van der Waals surface area contributed by atoms with Gasteiger partial charge in [0.1, 0.15) is 0 Å². The van der Waals surface area contributed by atoms with Gasteiger partial charge in [0.25, 0.3) is 0 Å². The summed E-state index contributed by atoms with van der Waals surface area (Å²) in [7, 11) is 0. The Morgan fingerprint density at radius 1 is 1.29 bits per heavy atom. The first-order valence-electron chi connectivity index (χ1n) is 6.23. The number of halogens is 1. The van der Waals surface area contributed by atoms with E-state index in [4.69, 9.17) is 0 Å². The largest absolute Gasteiger partial charge is 0.333 e. The van der Waals surface area contributed by atoms with Crippen LogP contribution in [-0.4, -0.2) is 21.5 Å². The molecule has 0 radical (unpaired) electrons. The Hall–Kier alpha value is -1.37. The molecule has 0 fully saturated rings. The van der Waals surface area contributed by atoms with E-state index in [2.05, 4.69) is 25.9 Å². The number of aromatic amines is 1. The quantitative estimate of drug-likeness (QED) is 0.508. The van der Waals surface area contributed by atoms with Crippen LogP contribution in [0.1, 0.15) is 9.67 Å². The van der Waals surface area contributed by atoms with Crippen molar-refractivity contribution in [2.24, 2.45) is 0 Å². The number of benzene rings is 1. The molecule has 0 saturated heterocycles. The van der Waals surface area contributed by atoms with Crippen molar-refractivity contribution in [2.75, 3.05) is 5.75 Å². The second-order valence-electron chi connectivity index (χ2n) is 4.30. The molecule has 1 N–H and O–H groups in total. The van der Waals surface area contributed by atoms with Crippen LogP contribution in [0.2, 0.25) is 0 Å². The number of thiophene rings is 1. The molecule has 0 aliphatic rings. The van der Waals surface area contributed by atoms with Crippen LogP contribution < -0.4 is 0 Å². The maximum atomic E-state index is 11.9. The highest BCUT2D eigenvalue weighted by Gasteiger charge is 2.09. The molecule has 0 unspecified atom stereocenters. The summed E-state index contributed by atoms with van der Waals surface area (Å²) in [4.78, 5) is 20.3. The van der Waals surface area contributed by atoms with Gasteiger partial charge < -0.3 is 4.98 Å². The van der Waals surface area contributed by atoms with Crippen LogP contribution >= 0.6 is 39.0 Å². The summed E-state index contributed by atoms with van der Waals surface area (Å²) in [6.07, 6.45) is 1.79. The number of hydrogen-bond acceptors (Lipinski definition) is 4. The number of Topliss-reactive ketones (excluding diaryl/α,β-unsaturated/α-hetero) is 1. The van der Waals surface area contributed by atoms with Crippen molar-refractivity contribution in [1.29, 1.82) is 0 Å². The Bertz CT molecular complexity index is 735. The molecule has 0 saturated carbocycles. The lowest BCUT2D eigenvalue weighted by molar-refractivity contribution is 0.102. The van der Waals surface area contributed by atoms with Crippen molar-refractivity contribution >= 4 is 44.8 Å². The van der Waals surface area contributed by atoms with Crippen LogP contribution in [-0.2, 0) is 0 Å². The Balaban J connectivity index is 1.65. The zero-order valence-corrected chi connectivity index (χ0v) is 14.1. The van der Waals surface area contributed by atoms with Crippen molar-refractivity contribution < 1.29 is 4.79 Å². The molecule has 3 nitrogen and oxygen atoms in total. The van der Waals surface area contributed by atoms with Gasteiger partial charge in [-0.05, 0) is 29.1 Å². The first kappa shape index (κ1) is 14.6. The molecule has 6 heteroatoms. The summed E-state index contributed by atoms with van der Waals surface area (Å²) in [5, 5.41) is 2.68. The van der Waals surface area contributed by atoms with Crippen LogP contribution in [0, 0.1) is 0 Å². The minimum Gasteiger partial charge on any atom is -0.333 e. The molecule has 106 valence electrons. The first-order chi connectivity index (χ1) is 10.2. The fourth-order valence-corrected chi connectivity index (χ4v) is 3.55. The molecule has 0 aliphatic carbocycles. The SMILES string of the molecule is O=C(CSc1ncc(-c2ccc(Br)cc2)[nH]1)c1cccs1. The van der Waals surface area contributed by atoms with Gasteiger partial charge in [0.15, 0.2) is 10.9 Å². The highest BCUT2D eigenvalue weighted by molar-refractivity contribution is 9.10. The van der Waals surface area contributed by atoms with Gasteiger partial charge in [-0.2, -0.15) is 0 Å². The molecule has 0 spiro atoms. The predicted octanol–water partition coefficient (Wildman–Crippen LogP) is 4.88. The van der Waals surface area contributed by atoms with Crippen molar-refractivity contribution in [3.8, 4) is 11.3 Å². The zero-order chi connectivity index (χ0) is 14.7. The molecular weight excluding hydrogens is 368 g/mol. The van der Waals surface area contributed by atoms with Gasteiger partial charge in [-0.1, -0.05) is 45.9 Å². The monoisotopic (exact) mass is 378 g/mol. The molecule has 3 aromatic rings. The minimum absolute atomic E-state index is 0.136. The number of thioether (sulfide) groups is 1. The lowest BCUT2D eigenvalue weighted by Crippen LogP contribution is -1.99. The Kier molecular flexibility index (Phi) is 4.57. The summed E-state index contributed by atoms with van der Waals surface area (Å²) < 4.78 is 1.04. The van der Waals surface area contributed by atoms with E-state index in [1.807, 2.05) is 41.8 Å². The topological polar surface area (TPSA) is 45.8 Å². The highest BCUT2D eigenvalue weighted by atomic mass is 79.9. The second kappa shape index (κ2) is 6.60. The number of carbonyl (C=O) groups excluding carboxylic acids is 1. The first-order valence-corrected chi connectivity index (χ1v) is 8.88. The lowest BCUT2D eigenvalue weighted by Gasteiger charge is -1.98. The fourth-order valence-electron chi connectivity index (χ4n) is 1.79. The number of ketones is 1. The molecule has 1 aromatic carbocycles. The van der Waals surface area contributed by atoms with Gasteiger partial charge in [0.05, 0.1) is 22.5 Å². The normalized spacial score (nSPS) is 10.7. The average Bonchev–Trinajstić information content (AvgIpc) is 3.17. The third-order valence-electron chi connectivity index (χ3n) is 2.84. The van der Waals surface area contributed by atoms with Crippen LogP contribution in [0.3, 0.4) is 0 Å². The van der Waals surface area contributed by atoms with E-state index in [9.17, 15) is 4.79 Å². The smallest absolute Gasteiger partial charge is 0.183 e. The van der Waals surface area contributed by atoms with E-state index in [-0.39, 0.29) is 5.78 Å². The minimum atomic E-state index is 0.136. The number of aromatic nitrogens is 2. The van der Waals surface area contributed by atoms with Crippen LogP contribution in [0.15, 0.2) is 57.6 Å². The number of imidazole rings is 1. The van der Waals surface area contributed by atoms with Crippen LogP contribution in [0.5, 0.6) is 0 Å². The number of carbonyl (C=O) groups is 1.